The fraction of sp³-hybridized carbons (Fsp3) is 0. The summed E-state index contributed by atoms with van der Waals surface area (Å²) in [6, 6.07) is 8.96. The maximum Gasteiger partial charge on any atom is 0.211 e. The molecule has 2 aromatic rings. The van der Waals surface area contributed by atoms with Gasteiger partial charge in [0, 0.05) is 6.20 Å². The van der Waals surface area contributed by atoms with Gasteiger partial charge in [-0.3, -0.25) is 0 Å². The van der Waals surface area contributed by atoms with E-state index in [1.54, 1.807) is 18.2 Å². The third-order valence-corrected chi connectivity index (χ3v) is 3.79. The molecule has 15 heavy (non-hydrogen) atoms. The van der Waals surface area contributed by atoms with Crippen molar-refractivity contribution in [2.75, 3.05) is 0 Å². The summed E-state index contributed by atoms with van der Waals surface area (Å²) in [7, 11) is -3.73. The first kappa shape index (κ1) is 9.92. The molecule has 1 aromatic heterocycles. The lowest BCUT2D eigenvalue weighted by Gasteiger charge is -2.01. The summed E-state index contributed by atoms with van der Waals surface area (Å²) in [6.45, 7) is 0. The van der Waals surface area contributed by atoms with E-state index in [-0.39, 0.29) is 9.79 Å². The maximum atomic E-state index is 13.1. The van der Waals surface area contributed by atoms with Gasteiger partial charge in [0.2, 0.25) is 15.8 Å². The third-order valence-electron chi connectivity index (χ3n) is 2.00. The minimum absolute atomic E-state index is 0.0866. The van der Waals surface area contributed by atoms with Crippen molar-refractivity contribution in [1.29, 1.82) is 0 Å². The Balaban J connectivity index is 2.60. The quantitative estimate of drug-likeness (QED) is 0.849. The van der Waals surface area contributed by atoms with Gasteiger partial charge in [-0.05, 0) is 18.2 Å². The molecule has 1 aromatic carbocycles. The van der Waals surface area contributed by atoms with Crippen LogP contribution in [0.25, 0.3) is 0 Å². The number of aromatic nitrogens is 1. The second-order valence-electron chi connectivity index (χ2n) is 2.97. The molecule has 1 heterocycles. The van der Waals surface area contributed by atoms with Crippen LogP contribution < -0.4 is 0 Å². The summed E-state index contributed by atoms with van der Waals surface area (Å²) in [6.07, 6.45) is 1.26. The minimum Gasteiger partial charge on any atom is -0.337 e. The fourth-order valence-corrected chi connectivity index (χ4v) is 2.58. The summed E-state index contributed by atoms with van der Waals surface area (Å²) >= 11 is 0. The number of hydrogen-bond acceptors (Lipinski definition) is 2. The zero-order valence-corrected chi connectivity index (χ0v) is 8.46. The van der Waals surface area contributed by atoms with Crippen LogP contribution in [0.3, 0.4) is 0 Å². The van der Waals surface area contributed by atoms with Gasteiger partial charge in [0.25, 0.3) is 0 Å². The molecule has 0 fully saturated rings. The predicted octanol–water partition coefficient (Wildman–Crippen LogP) is 1.99. The number of halogens is 1. The Kier molecular flexibility index (Phi) is 2.32. The van der Waals surface area contributed by atoms with Gasteiger partial charge in [-0.1, -0.05) is 18.2 Å². The number of benzene rings is 1. The van der Waals surface area contributed by atoms with Crippen molar-refractivity contribution in [3.8, 4) is 0 Å². The highest BCUT2D eigenvalue weighted by atomic mass is 32.2. The molecule has 0 aliphatic carbocycles. The van der Waals surface area contributed by atoms with Gasteiger partial charge in [0.05, 0.1) is 4.90 Å². The zero-order chi connectivity index (χ0) is 10.9. The SMILES string of the molecule is O=S(=O)(c1ccccc1)c1cc[nH]c1F. The Hall–Kier alpha value is -1.62. The van der Waals surface area contributed by atoms with E-state index < -0.39 is 15.8 Å². The maximum absolute atomic E-state index is 13.1. The molecule has 0 saturated heterocycles. The van der Waals surface area contributed by atoms with Crippen LogP contribution in [0.4, 0.5) is 4.39 Å². The molecule has 0 radical (unpaired) electrons. The smallest absolute Gasteiger partial charge is 0.211 e. The van der Waals surface area contributed by atoms with Crippen LogP contribution >= 0.6 is 0 Å². The third kappa shape index (κ3) is 1.66. The van der Waals surface area contributed by atoms with E-state index in [0.29, 0.717) is 0 Å². The highest BCUT2D eigenvalue weighted by molar-refractivity contribution is 7.91. The number of hydrogen-bond donors (Lipinski definition) is 1. The first-order chi connectivity index (χ1) is 7.12. The van der Waals surface area contributed by atoms with Crippen molar-refractivity contribution in [1.82, 2.24) is 4.98 Å². The number of rotatable bonds is 2. The Morgan fingerprint density at radius 1 is 1.07 bits per heavy atom. The largest absolute Gasteiger partial charge is 0.337 e. The molecule has 3 nitrogen and oxygen atoms in total. The minimum atomic E-state index is -3.73. The average Bonchev–Trinajstić information content (AvgIpc) is 2.66. The number of nitrogens with one attached hydrogen (secondary N) is 1. The van der Waals surface area contributed by atoms with E-state index in [9.17, 15) is 12.8 Å². The highest BCUT2D eigenvalue weighted by Crippen LogP contribution is 2.21. The lowest BCUT2D eigenvalue weighted by Crippen LogP contribution is -2.02. The van der Waals surface area contributed by atoms with E-state index in [1.165, 1.54) is 24.4 Å². The van der Waals surface area contributed by atoms with Crippen LogP contribution in [0, 0.1) is 5.95 Å². The van der Waals surface area contributed by atoms with Crippen LogP contribution in [0.1, 0.15) is 0 Å². The molecule has 0 saturated carbocycles. The molecular formula is C10H8FNO2S. The molecule has 2 rings (SSSR count). The van der Waals surface area contributed by atoms with Gasteiger partial charge in [0.1, 0.15) is 4.90 Å². The Labute approximate surface area is 86.5 Å². The van der Waals surface area contributed by atoms with E-state index in [4.69, 9.17) is 0 Å². The Bertz CT molecular complexity index is 560. The van der Waals surface area contributed by atoms with E-state index in [0.717, 1.165) is 0 Å². The summed E-state index contributed by atoms with van der Waals surface area (Å²) in [5, 5.41) is 0. The molecule has 0 bridgehead atoms. The molecule has 0 amide bonds. The van der Waals surface area contributed by atoms with Crippen molar-refractivity contribution in [2.45, 2.75) is 9.79 Å². The standard InChI is InChI=1S/C10H8FNO2S/c11-10-9(6-7-12-10)15(13,14)8-4-2-1-3-5-8/h1-7,12H. The average molecular weight is 225 g/mol. The summed E-state index contributed by atoms with van der Waals surface area (Å²) in [4.78, 5) is 1.96. The molecule has 0 atom stereocenters. The Morgan fingerprint density at radius 3 is 2.27 bits per heavy atom. The number of aromatic amines is 1. The second-order valence-corrected chi connectivity index (χ2v) is 4.89. The molecule has 0 aliphatic heterocycles. The van der Waals surface area contributed by atoms with Crippen LogP contribution in [-0.2, 0) is 9.84 Å². The summed E-state index contributed by atoms with van der Waals surface area (Å²) in [5.74, 6) is -0.834. The van der Waals surface area contributed by atoms with Crippen molar-refractivity contribution in [2.24, 2.45) is 0 Å². The van der Waals surface area contributed by atoms with Gasteiger partial charge >= 0.3 is 0 Å². The first-order valence-electron chi connectivity index (χ1n) is 4.25. The monoisotopic (exact) mass is 225 g/mol. The van der Waals surface area contributed by atoms with Crippen molar-refractivity contribution < 1.29 is 12.8 Å². The van der Waals surface area contributed by atoms with Gasteiger partial charge in [0.15, 0.2) is 0 Å². The predicted molar refractivity (Wildman–Crippen MR) is 52.6 cm³/mol. The molecule has 78 valence electrons. The van der Waals surface area contributed by atoms with Crippen molar-refractivity contribution in [3.05, 3.63) is 48.5 Å². The van der Waals surface area contributed by atoms with E-state index in [1.807, 2.05) is 0 Å². The zero-order valence-electron chi connectivity index (χ0n) is 7.64. The van der Waals surface area contributed by atoms with Crippen LogP contribution in [0.15, 0.2) is 52.4 Å². The van der Waals surface area contributed by atoms with E-state index >= 15 is 0 Å². The van der Waals surface area contributed by atoms with Gasteiger partial charge < -0.3 is 4.98 Å². The van der Waals surface area contributed by atoms with E-state index in [2.05, 4.69) is 4.98 Å². The first-order valence-corrected chi connectivity index (χ1v) is 5.74. The molecule has 5 heteroatoms. The van der Waals surface area contributed by atoms with Crippen molar-refractivity contribution in [3.63, 3.8) is 0 Å². The second kappa shape index (κ2) is 3.51. The lowest BCUT2D eigenvalue weighted by atomic mass is 10.4. The number of sulfone groups is 1. The molecule has 0 aliphatic rings. The Morgan fingerprint density at radius 2 is 1.73 bits per heavy atom. The fourth-order valence-electron chi connectivity index (χ4n) is 1.27. The van der Waals surface area contributed by atoms with Gasteiger partial charge in [-0.15, -0.1) is 0 Å². The lowest BCUT2D eigenvalue weighted by molar-refractivity contribution is 0.549. The molecule has 0 spiro atoms. The summed E-state index contributed by atoms with van der Waals surface area (Å²) in [5.41, 5.74) is 0. The van der Waals surface area contributed by atoms with Crippen LogP contribution in [0.5, 0.6) is 0 Å². The highest BCUT2D eigenvalue weighted by Gasteiger charge is 2.21. The topological polar surface area (TPSA) is 49.9 Å². The van der Waals surface area contributed by atoms with Gasteiger partial charge in [-0.25, -0.2) is 8.42 Å². The number of H-pyrrole nitrogens is 1. The van der Waals surface area contributed by atoms with Crippen molar-refractivity contribution >= 4 is 9.84 Å². The molecular weight excluding hydrogens is 217 g/mol. The van der Waals surface area contributed by atoms with Crippen LogP contribution in [0.2, 0.25) is 0 Å². The molecule has 0 unspecified atom stereocenters. The normalized spacial score (nSPS) is 11.5. The molecule has 1 N–H and O–H groups in total. The van der Waals surface area contributed by atoms with Gasteiger partial charge in [-0.2, -0.15) is 4.39 Å². The summed E-state index contributed by atoms with van der Waals surface area (Å²) < 4.78 is 36.8. The van der Waals surface area contributed by atoms with Crippen LogP contribution in [-0.4, -0.2) is 13.4 Å².